The zero-order chi connectivity index (χ0) is 33.4. The molecule has 0 spiro atoms. The van der Waals surface area contributed by atoms with Gasteiger partial charge in [-0.15, -0.1) is 0 Å². The lowest BCUT2D eigenvalue weighted by atomic mass is 9.77. The number of hydrogen-bond donors (Lipinski definition) is 5. The molecule has 0 aliphatic rings. The largest absolute Gasteiger partial charge is 0.488 e. The minimum atomic E-state index is -1.82. The molecule has 2 heterocycles. The summed E-state index contributed by atoms with van der Waals surface area (Å²) in [6.45, 7) is 8.68. The van der Waals surface area contributed by atoms with Crippen LogP contribution in [-0.4, -0.2) is 59.0 Å². The van der Waals surface area contributed by atoms with E-state index in [4.69, 9.17) is 0 Å². The van der Waals surface area contributed by atoms with Gasteiger partial charge in [0, 0.05) is 36.0 Å². The standard InChI is InChI=1S/C33H35B2F2N4O5/c1-22(2)23(3)38-11-5-12-39-33(42)28-14-25(18-41(21-28)20-27-16-30(37)8-10-32(27)35(45)46)24-6-4-13-40(17-24)19-26-15-29(36)7-9-31(26)34(43)44/h4,6-10,13-18,21,43-46H,1,5,11-12,19-20H2,2-3H3/q+1/p+1. The molecule has 0 aliphatic carbocycles. The summed E-state index contributed by atoms with van der Waals surface area (Å²) in [5.41, 5.74) is 4.35. The maximum Gasteiger partial charge on any atom is 0.488 e. The Bertz CT molecular complexity index is 1770. The predicted molar refractivity (Wildman–Crippen MR) is 173 cm³/mol. The van der Waals surface area contributed by atoms with Gasteiger partial charge in [0.05, 0.1) is 11.1 Å². The fraction of sp³-hybridized carbons (Fsp3) is 0.212. The van der Waals surface area contributed by atoms with Gasteiger partial charge in [0.2, 0.25) is 0 Å². The molecule has 2 aromatic carbocycles. The molecule has 2 aromatic heterocycles. The fourth-order valence-corrected chi connectivity index (χ4v) is 4.89. The number of carbonyl (C=O) groups excluding carboxylic acids is 1. The Kier molecular flexibility index (Phi) is 11.7. The number of pyridine rings is 2. The molecular weight excluding hydrogens is 592 g/mol. The Labute approximate surface area is 267 Å². The molecule has 0 aliphatic heterocycles. The number of nitrogens with one attached hydrogen (secondary N) is 1. The fourth-order valence-electron chi connectivity index (χ4n) is 4.89. The Morgan fingerprint density at radius 3 is 2.02 bits per heavy atom. The SMILES string of the molecule is C=C(C)C(C)=NCCCNC(=O)c1cc(-c2ccc[n+](Cc3cc(F)ccc3B(O)O)c2)c[n+](Cc2cc(F)ccc2B(O)O)c1. The molecule has 5 N–H and O–H groups in total. The van der Waals surface area contributed by atoms with E-state index in [0.29, 0.717) is 47.3 Å². The van der Waals surface area contributed by atoms with Gasteiger partial charge in [-0.2, -0.15) is 4.57 Å². The van der Waals surface area contributed by atoms with Gasteiger partial charge < -0.3 is 25.4 Å². The van der Waals surface area contributed by atoms with Gasteiger partial charge in [-0.3, -0.25) is 9.79 Å². The highest BCUT2D eigenvalue weighted by Gasteiger charge is 2.23. The number of rotatable bonds is 13. The van der Waals surface area contributed by atoms with Gasteiger partial charge in [0.25, 0.3) is 5.91 Å². The van der Waals surface area contributed by atoms with Gasteiger partial charge >= 0.3 is 14.2 Å². The van der Waals surface area contributed by atoms with Gasteiger partial charge in [-0.05, 0) is 73.2 Å². The highest BCUT2D eigenvalue weighted by molar-refractivity contribution is 6.59. The average molecular weight is 628 g/mol. The molecule has 13 heteroatoms. The minimum absolute atomic E-state index is 0.0294. The second kappa shape index (κ2) is 15.6. The van der Waals surface area contributed by atoms with Crippen LogP contribution in [0.25, 0.3) is 11.1 Å². The number of aromatic nitrogens is 2. The quantitative estimate of drug-likeness (QED) is 0.0649. The molecule has 0 atom stereocenters. The first-order valence-corrected chi connectivity index (χ1v) is 14.7. The number of hydrogen-bond acceptors (Lipinski definition) is 6. The number of carbonyl (C=O) groups is 1. The van der Waals surface area contributed by atoms with Crippen molar-refractivity contribution in [2.45, 2.75) is 33.4 Å². The third-order valence-corrected chi connectivity index (χ3v) is 7.43. The zero-order valence-corrected chi connectivity index (χ0v) is 25.7. The molecule has 0 unspecified atom stereocenters. The summed E-state index contributed by atoms with van der Waals surface area (Å²) in [7, 11) is -3.60. The second-order valence-electron chi connectivity index (χ2n) is 11.0. The Balaban J connectivity index is 1.67. The van der Waals surface area contributed by atoms with Crippen LogP contribution in [0.5, 0.6) is 0 Å². The summed E-state index contributed by atoms with van der Waals surface area (Å²) in [6, 6.07) is 12.7. The summed E-state index contributed by atoms with van der Waals surface area (Å²) in [6.07, 6.45) is 7.47. The van der Waals surface area contributed by atoms with Crippen molar-refractivity contribution in [2.24, 2.45) is 4.99 Å². The molecule has 236 valence electrons. The summed E-state index contributed by atoms with van der Waals surface area (Å²) in [5, 5.41) is 42.2. The van der Waals surface area contributed by atoms with E-state index in [2.05, 4.69) is 16.9 Å². The number of allylic oxidation sites excluding steroid dienone is 1. The van der Waals surface area contributed by atoms with Crippen LogP contribution in [0.15, 0.2) is 96.5 Å². The van der Waals surface area contributed by atoms with Crippen LogP contribution in [-0.2, 0) is 13.1 Å². The topological polar surface area (TPSA) is 130 Å². The minimum Gasteiger partial charge on any atom is -0.423 e. The molecule has 0 fully saturated rings. The highest BCUT2D eigenvalue weighted by atomic mass is 19.1. The summed E-state index contributed by atoms with van der Waals surface area (Å²) < 4.78 is 31.6. The van der Waals surface area contributed by atoms with E-state index in [0.717, 1.165) is 23.4 Å². The van der Waals surface area contributed by atoms with Gasteiger partial charge in [0.15, 0.2) is 37.9 Å². The summed E-state index contributed by atoms with van der Waals surface area (Å²) in [5.74, 6) is -1.41. The first kappa shape index (κ1) is 34.3. The molecule has 9 nitrogen and oxygen atoms in total. The summed E-state index contributed by atoms with van der Waals surface area (Å²) >= 11 is 0. The summed E-state index contributed by atoms with van der Waals surface area (Å²) in [4.78, 5) is 17.7. The number of halogens is 2. The van der Waals surface area contributed by atoms with Crippen molar-refractivity contribution in [1.82, 2.24) is 5.32 Å². The van der Waals surface area contributed by atoms with E-state index in [1.54, 1.807) is 46.1 Å². The molecule has 4 rings (SSSR count). The van der Waals surface area contributed by atoms with Crippen molar-refractivity contribution in [1.29, 1.82) is 0 Å². The molecule has 4 aromatic rings. The predicted octanol–water partition coefficient (Wildman–Crippen LogP) is 0.820. The van der Waals surface area contributed by atoms with E-state index in [1.807, 2.05) is 19.9 Å². The maximum absolute atomic E-state index is 14.2. The van der Waals surface area contributed by atoms with Crippen LogP contribution in [0.1, 0.15) is 41.8 Å². The van der Waals surface area contributed by atoms with Gasteiger partial charge in [-0.1, -0.05) is 18.7 Å². The molecule has 1 amide bonds. The molecule has 46 heavy (non-hydrogen) atoms. The van der Waals surface area contributed by atoms with E-state index in [9.17, 15) is 33.7 Å². The number of nitrogens with zero attached hydrogens (tertiary/aromatic N) is 3. The van der Waals surface area contributed by atoms with Crippen molar-refractivity contribution in [3.63, 3.8) is 0 Å². The van der Waals surface area contributed by atoms with Crippen molar-refractivity contribution >= 4 is 36.8 Å². The van der Waals surface area contributed by atoms with Crippen molar-refractivity contribution in [3.05, 3.63) is 120 Å². The highest BCUT2D eigenvalue weighted by Crippen LogP contribution is 2.18. The van der Waals surface area contributed by atoms with E-state index >= 15 is 0 Å². The molecular formula is C33H36B2F2N4O5+2. The number of benzene rings is 2. The normalized spacial score (nSPS) is 11.3. The van der Waals surface area contributed by atoms with Crippen LogP contribution < -0.4 is 25.4 Å². The zero-order valence-electron chi connectivity index (χ0n) is 25.7. The molecule has 0 radical (unpaired) electrons. The third kappa shape index (κ3) is 9.24. The molecule has 0 saturated heterocycles. The van der Waals surface area contributed by atoms with Crippen LogP contribution in [0.4, 0.5) is 8.78 Å². The Morgan fingerprint density at radius 2 is 1.43 bits per heavy atom. The van der Waals surface area contributed by atoms with Crippen LogP contribution in [0, 0.1) is 11.6 Å². The number of aliphatic imine (C=N–C) groups is 1. The van der Waals surface area contributed by atoms with E-state index in [1.165, 1.54) is 24.3 Å². The molecule has 0 saturated carbocycles. The van der Waals surface area contributed by atoms with Gasteiger partial charge in [0.1, 0.15) is 17.2 Å². The van der Waals surface area contributed by atoms with E-state index in [-0.39, 0.29) is 29.9 Å². The first-order valence-electron chi connectivity index (χ1n) is 14.7. The average Bonchev–Trinajstić information content (AvgIpc) is 3.00. The maximum atomic E-state index is 14.2. The van der Waals surface area contributed by atoms with Crippen molar-refractivity contribution in [2.75, 3.05) is 13.1 Å². The molecule has 0 bridgehead atoms. The first-order chi connectivity index (χ1) is 21.9. The van der Waals surface area contributed by atoms with Crippen molar-refractivity contribution < 1.29 is 42.8 Å². The lowest BCUT2D eigenvalue weighted by molar-refractivity contribution is -0.689. The lowest BCUT2D eigenvalue weighted by Gasteiger charge is -2.10. The van der Waals surface area contributed by atoms with Crippen LogP contribution in [0.3, 0.4) is 0 Å². The van der Waals surface area contributed by atoms with Crippen molar-refractivity contribution in [3.8, 4) is 11.1 Å². The monoisotopic (exact) mass is 628 g/mol. The third-order valence-electron chi connectivity index (χ3n) is 7.43. The second-order valence-corrected chi connectivity index (χ2v) is 11.0. The Hall–Kier alpha value is -4.55. The lowest BCUT2D eigenvalue weighted by Crippen LogP contribution is -2.42. The van der Waals surface area contributed by atoms with Crippen LogP contribution in [0.2, 0.25) is 0 Å². The van der Waals surface area contributed by atoms with E-state index < -0.39 is 25.9 Å². The van der Waals surface area contributed by atoms with Crippen LogP contribution >= 0.6 is 0 Å². The van der Waals surface area contributed by atoms with Gasteiger partial charge in [-0.25, -0.2) is 13.3 Å². The smallest absolute Gasteiger partial charge is 0.423 e. The Morgan fingerprint density at radius 1 is 0.848 bits per heavy atom. The number of amides is 1.